The Morgan fingerprint density at radius 2 is 1.62 bits per heavy atom. The van der Waals surface area contributed by atoms with Gasteiger partial charge in [-0.2, -0.15) is 5.10 Å². The number of nitrogens with zero attached hydrogens (tertiary/aromatic N) is 4. The van der Waals surface area contributed by atoms with E-state index >= 15 is 0 Å². The van der Waals surface area contributed by atoms with Gasteiger partial charge in [-0.3, -0.25) is 4.79 Å². The maximum absolute atomic E-state index is 12.4. The molecular formula is C29H37N5O3. The largest absolute Gasteiger partial charge is 0.444 e. The smallest absolute Gasteiger partial charge is 0.410 e. The summed E-state index contributed by atoms with van der Waals surface area (Å²) in [6.07, 6.45) is 6.04. The summed E-state index contributed by atoms with van der Waals surface area (Å²) in [5, 5.41) is 5.51. The van der Waals surface area contributed by atoms with Crippen LogP contribution in [0.1, 0.15) is 68.3 Å². The fourth-order valence-corrected chi connectivity index (χ4v) is 5.61. The van der Waals surface area contributed by atoms with Crippen molar-refractivity contribution in [2.24, 2.45) is 5.73 Å². The van der Waals surface area contributed by atoms with Crippen molar-refractivity contribution in [2.45, 2.75) is 64.0 Å². The molecule has 0 atom stereocenters. The van der Waals surface area contributed by atoms with E-state index in [0.29, 0.717) is 23.0 Å². The van der Waals surface area contributed by atoms with Crippen molar-refractivity contribution in [2.75, 3.05) is 26.2 Å². The number of fused-ring (bicyclic) bond motifs is 1. The monoisotopic (exact) mass is 503 g/mol. The fourth-order valence-electron chi connectivity index (χ4n) is 5.61. The molecule has 3 heterocycles. The number of primary amides is 1. The SMILES string of the molecule is CC(C)(C)OC(=O)N1CCC(N2CCC(c3ccc(-n4cc5cccc(C(N)=O)c5n4)cc3)CC2)CC1. The quantitative estimate of drug-likeness (QED) is 0.557. The number of hydrogen-bond acceptors (Lipinski definition) is 5. The summed E-state index contributed by atoms with van der Waals surface area (Å²) in [5.41, 5.74) is 8.45. The lowest BCUT2D eigenvalue weighted by Crippen LogP contribution is -2.49. The van der Waals surface area contributed by atoms with E-state index in [9.17, 15) is 9.59 Å². The maximum Gasteiger partial charge on any atom is 0.410 e. The van der Waals surface area contributed by atoms with Crippen molar-refractivity contribution < 1.29 is 14.3 Å². The highest BCUT2D eigenvalue weighted by Gasteiger charge is 2.31. The highest BCUT2D eigenvalue weighted by Crippen LogP contribution is 2.31. The maximum atomic E-state index is 12.4. The summed E-state index contributed by atoms with van der Waals surface area (Å²) in [6.45, 7) is 9.45. The van der Waals surface area contributed by atoms with Crippen LogP contribution in [0.4, 0.5) is 4.79 Å². The minimum atomic E-state index is -0.467. The number of amides is 2. The number of piperidine rings is 2. The van der Waals surface area contributed by atoms with Gasteiger partial charge in [0, 0.05) is 30.7 Å². The third-order valence-corrected chi connectivity index (χ3v) is 7.59. The average Bonchev–Trinajstić information content (AvgIpc) is 3.32. The van der Waals surface area contributed by atoms with E-state index in [2.05, 4.69) is 34.3 Å². The molecule has 2 amide bonds. The molecule has 2 aliphatic rings. The van der Waals surface area contributed by atoms with Gasteiger partial charge in [0.2, 0.25) is 0 Å². The Morgan fingerprint density at radius 3 is 2.24 bits per heavy atom. The molecule has 0 aliphatic carbocycles. The molecule has 5 rings (SSSR count). The van der Waals surface area contributed by atoms with Crippen LogP contribution >= 0.6 is 0 Å². The van der Waals surface area contributed by atoms with Gasteiger partial charge in [0.05, 0.1) is 11.3 Å². The minimum absolute atomic E-state index is 0.190. The van der Waals surface area contributed by atoms with Crippen LogP contribution in [0, 0.1) is 0 Å². The van der Waals surface area contributed by atoms with Crippen molar-refractivity contribution in [1.29, 1.82) is 0 Å². The van der Waals surface area contributed by atoms with E-state index in [0.717, 1.165) is 62.9 Å². The lowest BCUT2D eigenvalue weighted by Gasteiger charge is -2.42. The summed E-state index contributed by atoms with van der Waals surface area (Å²) in [7, 11) is 0. The second kappa shape index (κ2) is 10.2. The number of carbonyl (C=O) groups excluding carboxylic acids is 2. The lowest BCUT2D eigenvalue weighted by atomic mass is 9.88. The summed E-state index contributed by atoms with van der Waals surface area (Å²) in [5.74, 6) is 0.0800. The zero-order valence-corrected chi connectivity index (χ0v) is 22.0. The molecule has 196 valence electrons. The molecule has 8 nitrogen and oxygen atoms in total. The van der Waals surface area contributed by atoms with Gasteiger partial charge in [-0.1, -0.05) is 24.3 Å². The third kappa shape index (κ3) is 5.64. The predicted molar refractivity (Wildman–Crippen MR) is 144 cm³/mol. The Balaban J connectivity index is 1.16. The van der Waals surface area contributed by atoms with Crippen LogP contribution < -0.4 is 5.73 Å². The van der Waals surface area contributed by atoms with Gasteiger partial charge in [-0.05, 0) is 89.2 Å². The Kier molecular flexibility index (Phi) is 6.94. The van der Waals surface area contributed by atoms with Gasteiger partial charge >= 0.3 is 6.09 Å². The van der Waals surface area contributed by atoms with Gasteiger partial charge < -0.3 is 20.3 Å². The first-order chi connectivity index (χ1) is 17.7. The predicted octanol–water partition coefficient (Wildman–Crippen LogP) is 4.70. The van der Waals surface area contributed by atoms with E-state index in [-0.39, 0.29) is 6.09 Å². The van der Waals surface area contributed by atoms with E-state index < -0.39 is 11.5 Å². The number of ether oxygens (including phenoxy) is 1. The Hall–Kier alpha value is -3.39. The molecule has 0 spiro atoms. The highest BCUT2D eigenvalue weighted by molar-refractivity contribution is 6.04. The first-order valence-corrected chi connectivity index (χ1v) is 13.3. The molecule has 2 aliphatic heterocycles. The zero-order chi connectivity index (χ0) is 26.2. The number of likely N-dealkylation sites (tertiary alicyclic amines) is 2. The summed E-state index contributed by atoms with van der Waals surface area (Å²) >= 11 is 0. The minimum Gasteiger partial charge on any atom is -0.444 e. The second-order valence-electron chi connectivity index (χ2n) is 11.3. The normalized spacial score (nSPS) is 18.3. The zero-order valence-electron chi connectivity index (χ0n) is 22.0. The van der Waals surface area contributed by atoms with Gasteiger partial charge in [0.1, 0.15) is 11.1 Å². The first kappa shape index (κ1) is 25.3. The van der Waals surface area contributed by atoms with Crippen LogP contribution in [0.2, 0.25) is 0 Å². The van der Waals surface area contributed by atoms with Crippen LogP contribution in [0.5, 0.6) is 0 Å². The van der Waals surface area contributed by atoms with E-state index in [4.69, 9.17) is 10.5 Å². The van der Waals surface area contributed by atoms with Gasteiger partial charge in [0.15, 0.2) is 0 Å². The van der Waals surface area contributed by atoms with Crippen LogP contribution in [0.25, 0.3) is 16.6 Å². The third-order valence-electron chi connectivity index (χ3n) is 7.59. The lowest BCUT2D eigenvalue weighted by molar-refractivity contribution is 0.0127. The molecule has 2 aromatic carbocycles. The topological polar surface area (TPSA) is 93.7 Å². The van der Waals surface area contributed by atoms with Gasteiger partial charge in [0.25, 0.3) is 5.91 Å². The first-order valence-electron chi connectivity index (χ1n) is 13.3. The van der Waals surface area contributed by atoms with Crippen molar-refractivity contribution >= 4 is 22.9 Å². The van der Waals surface area contributed by atoms with Crippen molar-refractivity contribution in [1.82, 2.24) is 19.6 Å². The van der Waals surface area contributed by atoms with Crippen LogP contribution in [-0.4, -0.2) is 69.4 Å². The number of nitrogens with two attached hydrogens (primary N) is 1. The number of benzene rings is 2. The molecule has 8 heteroatoms. The molecule has 3 aromatic rings. The Bertz CT molecular complexity index is 1260. The molecule has 0 bridgehead atoms. The summed E-state index contributed by atoms with van der Waals surface area (Å²) in [4.78, 5) is 28.6. The van der Waals surface area contributed by atoms with E-state index in [1.165, 1.54) is 5.56 Å². The average molecular weight is 504 g/mol. The van der Waals surface area contributed by atoms with Crippen LogP contribution in [-0.2, 0) is 4.74 Å². The number of aromatic nitrogens is 2. The molecule has 1 aromatic heterocycles. The van der Waals surface area contributed by atoms with Crippen molar-refractivity contribution in [3.05, 3.63) is 59.8 Å². The molecule has 0 saturated carbocycles. The summed E-state index contributed by atoms with van der Waals surface area (Å²) < 4.78 is 7.35. The van der Waals surface area contributed by atoms with Crippen LogP contribution in [0.3, 0.4) is 0 Å². The molecule has 0 radical (unpaired) electrons. The van der Waals surface area contributed by atoms with E-state index in [1.54, 1.807) is 6.07 Å². The van der Waals surface area contributed by atoms with Crippen molar-refractivity contribution in [3.63, 3.8) is 0 Å². The number of hydrogen-bond donors (Lipinski definition) is 1. The Morgan fingerprint density at radius 1 is 0.946 bits per heavy atom. The molecule has 37 heavy (non-hydrogen) atoms. The fraction of sp³-hybridized carbons (Fsp3) is 0.483. The second-order valence-corrected chi connectivity index (χ2v) is 11.3. The van der Waals surface area contributed by atoms with Gasteiger partial charge in [-0.25, -0.2) is 9.48 Å². The molecule has 0 unspecified atom stereocenters. The number of carbonyl (C=O) groups is 2. The van der Waals surface area contributed by atoms with Crippen LogP contribution in [0.15, 0.2) is 48.7 Å². The number of rotatable bonds is 4. The molecule has 2 saturated heterocycles. The standard InChI is InChI=1S/C29H37N5O3/c1-29(2,3)37-28(36)33-17-13-23(14-18-33)32-15-11-21(12-16-32)20-7-9-24(10-8-20)34-19-22-5-4-6-25(27(30)35)26(22)31-34/h4-10,19,21,23H,11-18H2,1-3H3,(H2,30,35). The molecular weight excluding hydrogens is 466 g/mol. The van der Waals surface area contributed by atoms with E-state index in [1.807, 2.05) is 48.7 Å². The highest BCUT2D eigenvalue weighted by atomic mass is 16.6. The summed E-state index contributed by atoms with van der Waals surface area (Å²) in [6, 6.07) is 14.6. The molecule has 2 N–H and O–H groups in total. The van der Waals surface area contributed by atoms with Crippen molar-refractivity contribution in [3.8, 4) is 5.69 Å². The van der Waals surface area contributed by atoms with Gasteiger partial charge in [-0.15, -0.1) is 0 Å². The molecule has 2 fully saturated rings. The Labute approximate surface area is 218 Å².